The average molecular weight is 286 g/mol. The van der Waals surface area contributed by atoms with Crippen molar-refractivity contribution in [3.05, 3.63) is 29.6 Å². The Morgan fingerprint density at radius 3 is 2.89 bits per heavy atom. The first-order valence-electron chi connectivity index (χ1n) is 6.45. The molecule has 0 saturated carbocycles. The van der Waals surface area contributed by atoms with Gasteiger partial charge in [-0.15, -0.1) is 0 Å². The fourth-order valence-electron chi connectivity index (χ4n) is 2.23. The minimum atomic E-state index is -3.76. The number of halogens is 1. The number of aryl methyl sites for hydroxylation is 1. The van der Waals surface area contributed by atoms with Gasteiger partial charge in [0.15, 0.2) is 0 Å². The molecule has 0 aliphatic carbocycles. The van der Waals surface area contributed by atoms with E-state index in [-0.39, 0.29) is 10.8 Å². The van der Waals surface area contributed by atoms with Crippen LogP contribution in [0.25, 0.3) is 0 Å². The molecule has 2 N–H and O–H groups in total. The minimum Gasteiger partial charge on any atom is -0.316 e. The predicted octanol–water partition coefficient (Wildman–Crippen LogP) is 1.41. The molecule has 1 atom stereocenters. The number of hydrogen-bond acceptors (Lipinski definition) is 3. The van der Waals surface area contributed by atoms with E-state index in [0.29, 0.717) is 12.1 Å². The van der Waals surface area contributed by atoms with Crippen LogP contribution in [0, 0.1) is 18.7 Å². The van der Waals surface area contributed by atoms with E-state index in [4.69, 9.17) is 0 Å². The van der Waals surface area contributed by atoms with E-state index in [1.165, 1.54) is 12.1 Å². The fourth-order valence-corrected chi connectivity index (χ4v) is 3.40. The predicted molar refractivity (Wildman–Crippen MR) is 71.9 cm³/mol. The topological polar surface area (TPSA) is 58.2 Å². The summed E-state index contributed by atoms with van der Waals surface area (Å²) < 4.78 is 40.2. The zero-order valence-corrected chi connectivity index (χ0v) is 11.8. The van der Waals surface area contributed by atoms with E-state index in [1.54, 1.807) is 13.0 Å². The van der Waals surface area contributed by atoms with Gasteiger partial charge >= 0.3 is 0 Å². The van der Waals surface area contributed by atoms with E-state index < -0.39 is 15.8 Å². The largest absolute Gasteiger partial charge is 0.316 e. The monoisotopic (exact) mass is 286 g/mol. The van der Waals surface area contributed by atoms with Gasteiger partial charge < -0.3 is 5.32 Å². The maximum atomic E-state index is 13.7. The SMILES string of the molecule is Cc1ccc(S(=O)(=O)NCC2CCCNC2)c(F)c1. The van der Waals surface area contributed by atoms with Crippen LogP contribution in [0.15, 0.2) is 23.1 Å². The van der Waals surface area contributed by atoms with Crippen molar-refractivity contribution < 1.29 is 12.8 Å². The molecular formula is C13H19FN2O2S. The highest BCUT2D eigenvalue weighted by molar-refractivity contribution is 7.89. The number of hydrogen-bond donors (Lipinski definition) is 2. The average Bonchev–Trinajstić information content (AvgIpc) is 2.37. The maximum absolute atomic E-state index is 13.7. The Morgan fingerprint density at radius 2 is 2.26 bits per heavy atom. The summed E-state index contributed by atoms with van der Waals surface area (Å²) in [6, 6.07) is 4.14. The highest BCUT2D eigenvalue weighted by atomic mass is 32.2. The molecule has 1 aliphatic heterocycles. The molecule has 0 amide bonds. The Hall–Kier alpha value is -0.980. The van der Waals surface area contributed by atoms with Gasteiger partial charge in [-0.05, 0) is 56.5 Å². The Bertz CT molecular complexity index is 540. The third-order valence-electron chi connectivity index (χ3n) is 3.34. The Balaban J connectivity index is 2.05. The summed E-state index contributed by atoms with van der Waals surface area (Å²) in [4.78, 5) is -0.276. The summed E-state index contributed by atoms with van der Waals surface area (Å²) in [6.07, 6.45) is 2.04. The van der Waals surface area contributed by atoms with Crippen LogP contribution in [0.4, 0.5) is 4.39 Å². The summed E-state index contributed by atoms with van der Waals surface area (Å²) in [6.45, 7) is 3.86. The zero-order valence-electron chi connectivity index (χ0n) is 10.9. The molecule has 0 radical (unpaired) electrons. The van der Waals surface area contributed by atoms with Crippen LogP contribution in [-0.2, 0) is 10.0 Å². The number of sulfonamides is 1. The molecular weight excluding hydrogens is 267 g/mol. The molecule has 1 saturated heterocycles. The van der Waals surface area contributed by atoms with Crippen LogP contribution in [0.3, 0.4) is 0 Å². The standard InChI is InChI=1S/C13H19FN2O2S/c1-10-4-5-13(12(14)7-10)19(17,18)16-9-11-3-2-6-15-8-11/h4-5,7,11,15-16H,2-3,6,8-9H2,1H3. The quantitative estimate of drug-likeness (QED) is 0.880. The first-order chi connectivity index (χ1) is 8.99. The van der Waals surface area contributed by atoms with Crippen molar-refractivity contribution in [3.8, 4) is 0 Å². The van der Waals surface area contributed by atoms with Crippen molar-refractivity contribution >= 4 is 10.0 Å². The molecule has 4 nitrogen and oxygen atoms in total. The lowest BCUT2D eigenvalue weighted by atomic mass is 10.0. The van der Waals surface area contributed by atoms with Crippen LogP contribution in [0.2, 0.25) is 0 Å². The van der Waals surface area contributed by atoms with Crippen LogP contribution >= 0.6 is 0 Å². The van der Waals surface area contributed by atoms with Crippen LogP contribution < -0.4 is 10.0 Å². The first-order valence-corrected chi connectivity index (χ1v) is 7.94. The molecule has 1 aromatic carbocycles. The van der Waals surface area contributed by atoms with Crippen LogP contribution in [0.1, 0.15) is 18.4 Å². The van der Waals surface area contributed by atoms with Crippen molar-refractivity contribution in [3.63, 3.8) is 0 Å². The third kappa shape index (κ3) is 3.75. The smallest absolute Gasteiger partial charge is 0.243 e. The van der Waals surface area contributed by atoms with E-state index in [1.807, 2.05) is 0 Å². The maximum Gasteiger partial charge on any atom is 0.243 e. The summed E-state index contributed by atoms with van der Waals surface area (Å²) in [5.41, 5.74) is 0.702. The van der Waals surface area contributed by atoms with Crippen LogP contribution in [0.5, 0.6) is 0 Å². The fraction of sp³-hybridized carbons (Fsp3) is 0.538. The summed E-state index contributed by atoms with van der Waals surface area (Å²) in [5.74, 6) is -0.425. The number of rotatable bonds is 4. The van der Waals surface area contributed by atoms with Crippen molar-refractivity contribution in [1.82, 2.24) is 10.0 Å². The van der Waals surface area contributed by atoms with Crippen molar-refractivity contribution in [1.29, 1.82) is 0 Å². The summed E-state index contributed by atoms with van der Waals surface area (Å²) in [5, 5.41) is 3.22. The van der Waals surface area contributed by atoms with Crippen molar-refractivity contribution in [2.75, 3.05) is 19.6 Å². The van der Waals surface area contributed by atoms with E-state index in [2.05, 4.69) is 10.0 Å². The minimum absolute atomic E-state index is 0.275. The molecule has 0 spiro atoms. The Morgan fingerprint density at radius 1 is 1.47 bits per heavy atom. The zero-order chi connectivity index (χ0) is 13.9. The van der Waals surface area contributed by atoms with Crippen molar-refractivity contribution in [2.45, 2.75) is 24.7 Å². The van der Waals surface area contributed by atoms with E-state index >= 15 is 0 Å². The second-order valence-electron chi connectivity index (χ2n) is 5.00. The van der Waals surface area contributed by atoms with Gasteiger partial charge in [0.05, 0.1) is 0 Å². The lowest BCUT2D eigenvalue weighted by Gasteiger charge is -2.22. The lowest BCUT2D eigenvalue weighted by molar-refractivity contribution is 0.375. The Kier molecular flexibility index (Phi) is 4.54. The normalized spacial score (nSPS) is 20.4. The molecule has 1 unspecified atom stereocenters. The molecule has 19 heavy (non-hydrogen) atoms. The Labute approximate surface area is 113 Å². The van der Waals surface area contributed by atoms with Gasteiger partial charge in [-0.2, -0.15) is 0 Å². The third-order valence-corrected chi connectivity index (χ3v) is 4.79. The molecule has 2 rings (SSSR count). The first kappa shape index (κ1) is 14.4. The molecule has 6 heteroatoms. The molecule has 1 fully saturated rings. The molecule has 1 aromatic rings. The van der Waals surface area contributed by atoms with Crippen molar-refractivity contribution in [2.24, 2.45) is 5.92 Å². The lowest BCUT2D eigenvalue weighted by Crippen LogP contribution is -2.38. The van der Waals surface area contributed by atoms with Gasteiger partial charge in [-0.3, -0.25) is 0 Å². The van der Waals surface area contributed by atoms with E-state index in [9.17, 15) is 12.8 Å². The molecule has 106 valence electrons. The summed E-state index contributed by atoms with van der Waals surface area (Å²) >= 11 is 0. The second-order valence-corrected chi connectivity index (χ2v) is 6.73. The van der Waals surface area contributed by atoms with Gasteiger partial charge in [0.25, 0.3) is 0 Å². The second kappa shape index (κ2) is 5.98. The van der Waals surface area contributed by atoms with Gasteiger partial charge in [0, 0.05) is 6.54 Å². The van der Waals surface area contributed by atoms with E-state index in [0.717, 1.165) is 25.9 Å². The summed E-state index contributed by atoms with van der Waals surface area (Å²) in [7, 11) is -3.76. The number of benzene rings is 1. The number of nitrogens with one attached hydrogen (secondary N) is 2. The van der Waals surface area contributed by atoms with Gasteiger partial charge in [0.2, 0.25) is 10.0 Å². The molecule has 0 aromatic heterocycles. The molecule has 0 bridgehead atoms. The highest BCUT2D eigenvalue weighted by Gasteiger charge is 2.21. The van der Waals surface area contributed by atoms with Gasteiger partial charge in [-0.1, -0.05) is 6.07 Å². The van der Waals surface area contributed by atoms with Gasteiger partial charge in [-0.25, -0.2) is 17.5 Å². The number of piperidine rings is 1. The van der Waals surface area contributed by atoms with Crippen LogP contribution in [-0.4, -0.2) is 28.1 Å². The molecule has 1 aliphatic rings. The van der Waals surface area contributed by atoms with Gasteiger partial charge in [0.1, 0.15) is 10.7 Å². The molecule has 1 heterocycles. The highest BCUT2D eigenvalue weighted by Crippen LogP contribution is 2.16.